The standard InChI is InChI=1S/C23H27N3O3S/c1-5-29-19-12-8-17(9-13-19)24-21(27)14-20-22(28)26(23(30)25(20)15(2)3)18-10-6-16(4)7-11-18/h6-13,15,20H,5,14H2,1-4H3,(H,24,27). The molecule has 3 rings (SSSR count). The Hall–Kier alpha value is -2.93. The second-order valence-electron chi connectivity index (χ2n) is 7.52. The van der Waals surface area contributed by atoms with Gasteiger partial charge >= 0.3 is 0 Å². The topological polar surface area (TPSA) is 61.9 Å². The van der Waals surface area contributed by atoms with Crippen molar-refractivity contribution in [2.24, 2.45) is 0 Å². The number of hydrogen-bond acceptors (Lipinski definition) is 4. The van der Waals surface area contributed by atoms with Crippen molar-refractivity contribution < 1.29 is 14.3 Å². The summed E-state index contributed by atoms with van der Waals surface area (Å²) in [7, 11) is 0. The molecular weight excluding hydrogens is 398 g/mol. The molecule has 1 N–H and O–H groups in total. The summed E-state index contributed by atoms with van der Waals surface area (Å²) >= 11 is 5.61. The zero-order valence-corrected chi connectivity index (χ0v) is 18.5. The van der Waals surface area contributed by atoms with Crippen LogP contribution in [0.1, 0.15) is 32.8 Å². The molecule has 2 aromatic rings. The number of benzene rings is 2. The minimum absolute atomic E-state index is 0.0137. The third kappa shape index (κ3) is 4.62. The van der Waals surface area contributed by atoms with Gasteiger partial charge in [0, 0.05) is 11.7 Å². The summed E-state index contributed by atoms with van der Waals surface area (Å²) in [6.07, 6.45) is 0.0206. The molecule has 2 amide bonds. The van der Waals surface area contributed by atoms with Crippen LogP contribution in [0.2, 0.25) is 0 Å². The molecule has 7 heteroatoms. The van der Waals surface area contributed by atoms with E-state index in [0.717, 1.165) is 17.0 Å². The Morgan fingerprint density at radius 2 is 1.77 bits per heavy atom. The van der Waals surface area contributed by atoms with Crippen LogP contribution in [0.15, 0.2) is 48.5 Å². The van der Waals surface area contributed by atoms with Gasteiger partial charge in [0.25, 0.3) is 5.91 Å². The number of carbonyl (C=O) groups excluding carboxylic acids is 2. The summed E-state index contributed by atoms with van der Waals surface area (Å²) in [5, 5.41) is 3.29. The van der Waals surface area contributed by atoms with Crippen LogP contribution in [0.3, 0.4) is 0 Å². The van der Waals surface area contributed by atoms with E-state index in [1.54, 1.807) is 24.3 Å². The normalized spacial score (nSPS) is 16.4. The van der Waals surface area contributed by atoms with Crippen LogP contribution in [0.4, 0.5) is 11.4 Å². The molecule has 1 saturated heterocycles. The first-order valence-electron chi connectivity index (χ1n) is 10.1. The molecule has 1 aliphatic heterocycles. The molecule has 0 radical (unpaired) electrons. The second kappa shape index (κ2) is 9.26. The predicted molar refractivity (Wildman–Crippen MR) is 123 cm³/mol. The van der Waals surface area contributed by atoms with Crippen molar-refractivity contribution in [3.63, 3.8) is 0 Å². The Kier molecular flexibility index (Phi) is 6.72. The van der Waals surface area contributed by atoms with E-state index in [9.17, 15) is 9.59 Å². The highest BCUT2D eigenvalue weighted by Crippen LogP contribution is 2.29. The number of nitrogens with zero attached hydrogens (tertiary/aromatic N) is 2. The predicted octanol–water partition coefficient (Wildman–Crippen LogP) is 4.13. The van der Waals surface area contributed by atoms with E-state index in [0.29, 0.717) is 17.4 Å². The van der Waals surface area contributed by atoms with Gasteiger partial charge in [-0.25, -0.2) is 0 Å². The van der Waals surface area contributed by atoms with Gasteiger partial charge in [-0.1, -0.05) is 17.7 Å². The number of thiocarbonyl (C=S) groups is 1. The average Bonchev–Trinajstić information content (AvgIpc) is 2.94. The van der Waals surface area contributed by atoms with Crippen molar-refractivity contribution in [2.75, 3.05) is 16.8 Å². The largest absolute Gasteiger partial charge is 0.494 e. The molecule has 0 bridgehead atoms. The van der Waals surface area contributed by atoms with Gasteiger partial charge in [-0.2, -0.15) is 0 Å². The Morgan fingerprint density at radius 3 is 2.33 bits per heavy atom. The number of aryl methyl sites for hydroxylation is 1. The maximum atomic E-state index is 13.2. The number of nitrogens with one attached hydrogen (secondary N) is 1. The molecular formula is C23H27N3O3S. The SMILES string of the molecule is CCOc1ccc(NC(=O)CC2C(=O)N(c3ccc(C)cc3)C(=S)N2C(C)C)cc1. The monoisotopic (exact) mass is 425 g/mol. The minimum Gasteiger partial charge on any atom is -0.494 e. The quantitative estimate of drug-likeness (QED) is 0.676. The lowest BCUT2D eigenvalue weighted by Gasteiger charge is -2.27. The molecule has 6 nitrogen and oxygen atoms in total. The molecule has 0 saturated carbocycles. The second-order valence-corrected chi connectivity index (χ2v) is 7.88. The fourth-order valence-electron chi connectivity index (χ4n) is 3.50. The van der Waals surface area contributed by atoms with Crippen LogP contribution in [0.25, 0.3) is 0 Å². The van der Waals surface area contributed by atoms with Gasteiger partial charge in [-0.05, 0) is 76.3 Å². The van der Waals surface area contributed by atoms with Crippen LogP contribution in [0.5, 0.6) is 5.75 Å². The van der Waals surface area contributed by atoms with Crippen LogP contribution in [-0.2, 0) is 9.59 Å². The molecule has 1 fully saturated rings. The van der Waals surface area contributed by atoms with Crippen molar-refractivity contribution >= 4 is 40.5 Å². The molecule has 1 unspecified atom stereocenters. The van der Waals surface area contributed by atoms with Crippen molar-refractivity contribution in [3.05, 3.63) is 54.1 Å². The van der Waals surface area contributed by atoms with Crippen LogP contribution < -0.4 is 15.0 Å². The summed E-state index contributed by atoms with van der Waals surface area (Å²) in [5.41, 5.74) is 2.47. The summed E-state index contributed by atoms with van der Waals surface area (Å²) in [5.74, 6) is 0.322. The Morgan fingerprint density at radius 1 is 1.13 bits per heavy atom. The first-order chi connectivity index (χ1) is 14.3. The summed E-state index contributed by atoms with van der Waals surface area (Å²) < 4.78 is 5.42. The summed E-state index contributed by atoms with van der Waals surface area (Å²) in [4.78, 5) is 29.3. The van der Waals surface area contributed by atoms with Gasteiger partial charge in [0.2, 0.25) is 5.91 Å². The molecule has 2 aromatic carbocycles. The molecule has 0 aliphatic carbocycles. The van der Waals surface area contributed by atoms with Gasteiger partial charge < -0.3 is 15.0 Å². The molecule has 0 aromatic heterocycles. The average molecular weight is 426 g/mol. The Bertz CT molecular complexity index is 926. The van der Waals surface area contributed by atoms with E-state index in [1.807, 2.05) is 56.9 Å². The third-order valence-electron chi connectivity index (χ3n) is 4.93. The number of ether oxygens (including phenoxy) is 1. The van der Waals surface area contributed by atoms with E-state index in [1.165, 1.54) is 4.90 Å². The number of amides is 2. The highest BCUT2D eigenvalue weighted by molar-refractivity contribution is 7.80. The first kappa shape index (κ1) is 21.8. The van der Waals surface area contributed by atoms with Crippen molar-refractivity contribution in [1.29, 1.82) is 0 Å². The summed E-state index contributed by atoms with van der Waals surface area (Å²) in [6, 6.07) is 14.1. The van der Waals surface area contributed by atoms with Crippen LogP contribution >= 0.6 is 12.2 Å². The first-order valence-corrected chi connectivity index (χ1v) is 10.5. The Labute approximate surface area is 182 Å². The molecule has 1 heterocycles. The van der Waals surface area contributed by atoms with Crippen LogP contribution in [-0.4, -0.2) is 40.5 Å². The fraction of sp³-hybridized carbons (Fsp3) is 0.348. The van der Waals surface area contributed by atoms with E-state index < -0.39 is 6.04 Å². The Balaban J connectivity index is 1.75. The smallest absolute Gasteiger partial charge is 0.256 e. The highest BCUT2D eigenvalue weighted by atomic mass is 32.1. The van der Waals surface area contributed by atoms with E-state index in [2.05, 4.69) is 5.32 Å². The van der Waals surface area contributed by atoms with Gasteiger partial charge in [-0.3, -0.25) is 14.5 Å². The molecule has 30 heavy (non-hydrogen) atoms. The molecule has 158 valence electrons. The number of anilines is 2. The summed E-state index contributed by atoms with van der Waals surface area (Å²) in [6.45, 7) is 8.42. The van der Waals surface area contributed by atoms with Crippen LogP contribution in [0, 0.1) is 6.92 Å². The minimum atomic E-state index is -0.637. The molecule has 1 atom stereocenters. The van der Waals surface area contributed by atoms with Crippen molar-refractivity contribution in [3.8, 4) is 5.75 Å². The lowest BCUT2D eigenvalue weighted by molar-refractivity contribution is -0.124. The maximum Gasteiger partial charge on any atom is 0.256 e. The molecule has 1 aliphatic rings. The van der Waals surface area contributed by atoms with E-state index >= 15 is 0 Å². The lowest BCUT2D eigenvalue weighted by Crippen LogP contribution is -2.42. The van der Waals surface area contributed by atoms with Gasteiger partial charge in [0.1, 0.15) is 11.8 Å². The van der Waals surface area contributed by atoms with E-state index in [-0.39, 0.29) is 24.3 Å². The number of hydrogen-bond donors (Lipinski definition) is 1. The number of carbonyl (C=O) groups is 2. The fourth-order valence-corrected chi connectivity index (χ4v) is 4.03. The lowest BCUT2D eigenvalue weighted by atomic mass is 10.1. The van der Waals surface area contributed by atoms with Crippen molar-refractivity contribution in [2.45, 2.75) is 46.2 Å². The highest BCUT2D eigenvalue weighted by Gasteiger charge is 2.45. The number of rotatable bonds is 7. The zero-order valence-electron chi connectivity index (χ0n) is 17.7. The maximum absolute atomic E-state index is 13.2. The van der Waals surface area contributed by atoms with Gasteiger partial charge in [-0.15, -0.1) is 0 Å². The van der Waals surface area contributed by atoms with Gasteiger partial charge in [0.15, 0.2) is 5.11 Å². The molecule has 0 spiro atoms. The van der Waals surface area contributed by atoms with Gasteiger partial charge in [0.05, 0.1) is 18.7 Å². The third-order valence-corrected chi connectivity index (χ3v) is 5.32. The zero-order chi connectivity index (χ0) is 21.8. The van der Waals surface area contributed by atoms with E-state index in [4.69, 9.17) is 17.0 Å². The van der Waals surface area contributed by atoms with Crippen molar-refractivity contribution in [1.82, 2.24) is 4.90 Å².